The van der Waals surface area contributed by atoms with Crippen LogP contribution in [0.3, 0.4) is 0 Å². The molecule has 0 radical (unpaired) electrons. The van der Waals surface area contributed by atoms with Gasteiger partial charge >= 0.3 is 5.97 Å². The zero-order valence-electron chi connectivity index (χ0n) is 22.5. The highest BCUT2D eigenvalue weighted by Gasteiger charge is 2.28. The van der Waals surface area contributed by atoms with E-state index in [0.29, 0.717) is 34.1 Å². The van der Waals surface area contributed by atoms with Gasteiger partial charge in [-0.05, 0) is 75.3 Å². The number of carbonyl (C=O) groups excluding carboxylic acids is 1. The number of nitrogens with one attached hydrogen (secondary N) is 1. The van der Waals surface area contributed by atoms with E-state index in [-0.39, 0.29) is 35.1 Å². The Labute approximate surface area is 239 Å². The number of ether oxygens (including phenoxy) is 1. The van der Waals surface area contributed by atoms with Gasteiger partial charge in [-0.2, -0.15) is 0 Å². The van der Waals surface area contributed by atoms with Gasteiger partial charge in [-0.15, -0.1) is 11.8 Å². The fourth-order valence-electron chi connectivity index (χ4n) is 4.71. The maximum atomic E-state index is 15.0. The summed E-state index contributed by atoms with van der Waals surface area (Å²) in [5.74, 6) is -1.05. The smallest absolute Gasteiger partial charge is 0.355 e. The summed E-state index contributed by atoms with van der Waals surface area (Å²) in [6, 6.07) is 14.2. The Morgan fingerprint density at radius 3 is 2.73 bits per heavy atom. The number of aromatic nitrogens is 3. The lowest BCUT2D eigenvalue weighted by Crippen LogP contribution is -2.22. The summed E-state index contributed by atoms with van der Waals surface area (Å²) in [6.45, 7) is 2.40. The van der Waals surface area contributed by atoms with Crippen LogP contribution in [-0.2, 0) is 11.3 Å². The van der Waals surface area contributed by atoms with Crippen molar-refractivity contribution in [2.24, 2.45) is 0 Å². The molecule has 40 heavy (non-hydrogen) atoms. The van der Waals surface area contributed by atoms with Crippen molar-refractivity contribution in [3.63, 3.8) is 0 Å². The Morgan fingerprint density at radius 2 is 2.00 bits per heavy atom. The van der Waals surface area contributed by atoms with E-state index in [2.05, 4.69) is 9.97 Å². The summed E-state index contributed by atoms with van der Waals surface area (Å²) < 4.78 is 22.3. The molecule has 3 heterocycles. The Kier molecular flexibility index (Phi) is 7.98. The number of H-pyrrole nitrogens is 1. The van der Waals surface area contributed by atoms with Crippen molar-refractivity contribution in [2.45, 2.75) is 18.4 Å². The highest BCUT2D eigenvalue weighted by molar-refractivity contribution is 7.98. The molecule has 3 aromatic heterocycles. The molecule has 0 unspecified atom stereocenters. The zero-order valence-corrected chi connectivity index (χ0v) is 24.1. The molecule has 0 amide bonds. The third-order valence-electron chi connectivity index (χ3n) is 6.78. The lowest BCUT2D eigenvalue weighted by molar-refractivity contribution is 0.0471. The van der Waals surface area contributed by atoms with Crippen LogP contribution in [0.1, 0.15) is 21.6 Å². The molecule has 0 fully saturated rings. The third-order valence-corrected chi connectivity index (χ3v) is 7.83. The fraction of sp³-hybridized carbons (Fsp3) is 0.233. The number of carbonyl (C=O) groups is 1. The van der Waals surface area contributed by atoms with E-state index in [9.17, 15) is 14.0 Å². The molecule has 5 aromatic rings. The quantitative estimate of drug-likeness (QED) is 0.135. The van der Waals surface area contributed by atoms with Gasteiger partial charge in [-0.3, -0.25) is 4.79 Å². The van der Waals surface area contributed by atoms with E-state index in [0.717, 1.165) is 15.8 Å². The van der Waals surface area contributed by atoms with E-state index in [4.69, 9.17) is 16.3 Å². The first kappa shape index (κ1) is 27.9. The minimum absolute atomic E-state index is 0.105. The highest BCUT2D eigenvalue weighted by Crippen LogP contribution is 2.37. The topological polar surface area (TPSA) is 80.2 Å². The number of rotatable bonds is 8. The maximum Gasteiger partial charge on any atom is 0.355 e. The molecule has 1 N–H and O–H groups in total. The fourth-order valence-corrected chi connectivity index (χ4v) is 5.35. The maximum absolute atomic E-state index is 15.0. The SMILES string of the molecule is CSc1ccc2cc(Cn3c(C(=O)OCCN(C)C)c(-c4ccc[nH]c4=O)c4cc(C)c(F)cc43)c(Cl)nc2c1. The predicted octanol–water partition coefficient (Wildman–Crippen LogP) is 6.13. The second-order valence-electron chi connectivity index (χ2n) is 9.78. The van der Waals surface area contributed by atoms with Crippen LogP contribution < -0.4 is 5.56 Å². The number of esters is 1. The summed E-state index contributed by atoms with van der Waals surface area (Å²) in [7, 11) is 3.75. The van der Waals surface area contributed by atoms with Crippen LogP contribution in [0.4, 0.5) is 4.39 Å². The Morgan fingerprint density at radius 1 is 1.20 bits per heavy atom. The summed E-state index contributed by atoms with van der Waals surface area (Å²) in [6.07, 6.45) is 3.51. The van der Waals surface area contributed by atoms with Crippen molar-refractivity contribution in [2.75, 3.05) is 33.5 Å². The number of hydrogen-bond acceptors (Lipinski definition) is 6. The first-order chi connectivity index (χ1) is 19.2. The van der Waals surface area contributed by atoms with Crippen molar-refractivity contribution in [3.8, 4) is 11.1 Å². The second kappa shape index (κ2) is 11.4. The highest BCUT2D eigenvalue weighted by atomic mass is 35.5. The van der Waals surface area contributed by atoms with Gasteiger partial charge in [0, 0.05) is 45.1 Å². The van der Waals surface area contributed by atoms with Gasteiger partial charge in [0.15, 0.2) is 0 Å². The molecule has 0 aliphatic rings. The number of nitrogens with zero attached hydrogens (tertiary/aromatic N) is 3. The molecule has 0 saturated heterocycles. The minimum atomic E-state index is -0.621. The molecule has 10 heteroatoms. The van der Waals surface area contributed by atoms with Gasteiger partial charge in [0.2, 0.25) is 0 Å². The molecule has 0 aliphatic carbocycles. The number of fused-ring (bicyclic) bond motifs is 2. The minimum Gasteiger partial charge on any atom is -0.460 e. The van der Waals surface area contributed by atoms with Crippen molar-refractivity contribution in [1.82, 2.24) is 19.4 Å². The van der Waals surface area contributed by atoms with E-state index in [1.165, 1.54) is 12.3 Å². The van der Waals surface area contributed by atoms with E-state index < -0.39 is 11.8 Å². The molecule has 5 rings (SSSR count). The average Bonchev–Trinajstić information content (AvgIpc) is 3.21. The van der Waals surface area contributed by atoms with Crippen molar-refractivity contribution >= 4 is 51.1 Å². The van der Waals surface area contributed by atoms with Crippen LogP contribution in [0.5, 0.6) is 0 Å². The number of halogens is 2. The lowest BCUT2D eigenvalue weighted by atomic mass is 10.0. The number of aryl methyl sites for hydroxylation is 1. The Hall–Kier alpha value is -3.66. The molecule has 0 aliphatic heterocycles. The van der Waals surface area contributed by atoms with Crippen LogP contribution in [0.2, 0.25) is 5.15 Å². The Bertz CT molecular complexity index is 1820. The largest absolute Gasteiger partial charge is 0.460 e. The molecular formula is C30H28ClFN4O3S. The van der Waals surface area contributed by atoms with Gasteiger partial charge in [0.05, 0.1) is 17.6 Å². The predicted molar refractivity (Wildman–Crippen MR) is 159 cm³/mol. The van der Waals surface area contributed by atoms with E-state index >= 15 is 0 Å². The standard InChI is InChI=1S/C30H28ClFN4O3S/c1-17-12-22-25(15-23(17)32)36(16-19-13-18-7-8-20(40-4)14-24(18)34-28(19)31)27(30(38)39-11-10-35(2)3)26(22)21-6-5-9-33-29(21)37/h5-9,12-15H,10-11,16H2,1-4H3,(H,33,37). The van der Waals surface area contributed by atoms with Crippen LogP contribution in [0.15, 0.2) is 64.4 Å². The first-order valence-electron chi connectivity index (χ1n) is 12.6. The first-order valence-corrected chi connectivity index (χ1v) is 14.2. The third kappa shape index (κ3) is 5.37. The molecular weight excluding hydrogens is 551 g/mol. The van der Waals surface area contributed by atoms with Gasteiger partial charge < -0.3 is 19.2 Å². The van der Waals surface area contributed by atoms with Gasteiger partial charge in [-0.1, -0.05) is 17.7 Å². The van der Waals surface area contributed by atoms with Crippen LogP contribution >= 0.6 is 23.4 Å². The summed E-state index contributed by atoms with van der Waals surface area (Å²) in [5.41, 5.74) is 2.65. The zero-order chi connectivity index (χ0) is 28.6. The van der Waals surface area contributed by atoms with Crippen molar-refractivity contribution in [3.05, 3.63) is 92.9 Å². The van der Waals surface area contributed by atoms with Gasteiger partial charge in [-0.25, -0.2) is 14.2 Å². The number of hydrogen-bond donors (Lipinski definition) is 1. The van der Waals surface area contributed by atoms with Crippen molar-refractivity contribution < 1.29 is 13.9 Å². The molecule has 206 valence electrons. The number of likely N-dealkylation sites (N-methyl/N-ethyl adjacent to an activating group) is 1. The summed E-state index contributed by atoms with van der Waals surface area (Å²) in [4.78, 5) is 37.0. The van der Waals surface area contributed by atoms with Gasteiger partial charge in [0.25, 0.3) is 5.56 Å². The molecule has 0 spiro atoms. The number of aromatic amines is 1. The summed E-state index contributed by atoms with van der Waals surface area (Å²) in [5, 5.41) is 1.71. The van der Waals surface area contributed by atoms with Crippen molar-refractivity contribution in [1.29, 1.82) is 0 Å². The number of thioether (sulfide) groups is 1. The normalized spacial score (nSPS) is 11.6. The summed E-state index contributed by atoms with van der Waals surface area (Å²) >= 11 is 8.28. The van der Waals surface area contributed by atoms with E-state index in [1.807, 2.05) is 49.5 Å². The van der Waals surface area contributed by atoms with Crippen LogP contribution in [0, 0.1) is 12.7 Å². The molecule has 0 atom stereocenters. The number of benzene rings is 2. The molecule has 0 bridgehead atoms. The Balaban J connectivity index is 1.76. The monoisotopic (exact) mass is 578 g/mol. The van der Waals surface area contributed by atoms with Crippen LogP contribution in [-0.4, -0.2) is 58.9 Å². The second-order valence-corrected chi connectivity index (χ2v) is 11.0. The number of pyridine rings is 2. The average molecular weight is 579 g/mol. The van der Waals surface area contributed by atoms with Gasteiger partial charge in [0.1, 0.15) is 23.3 Å². The molecule has 7 nitrogen and oxygen atoms in total. The van der Waals surface area contributed by atoms with E-state index in [1.54, 1.807) is 41.5 Å². The van der Waals surface area contributed by atoms with Crippen LogP contribution in [0.25, 0.3) is 32.9 Å². The molecule has 0 saturated carbocycles. The lowest BCUT2D eigenvalue weighted by Gasteiger charge is -2.15. The molecule has 2 aromatic carbocycles.